The summed E-state index contributed by atoms with van der Waals surface area (Å²) in [6, 6.07) is -0.761. The van der Waals surface area contributed by atoms with Crippen molar-refractivity contribution in [3.05, 3.63) is 0 Å². The van der Waals surface area contributed by atoms with E-state index >= 15 is 0 Å². The van der Waals surface area contributed by atoms with E-state index in [-0.39, 0.29) is 6.61 Å². The van der Waals surface area contributed by atoms with Crippen LogP contribution in [-0.2, 0) is 19.6 Å². The van der Waals surface area contributed by atoms with E-state index < -0.39 is 22.0 Å². The summed E-state index contributed by atoms with van der Waals surface area (Å²) in [6.07, 6.45) is 1.71. The number of carbonyl (C=O) groups is 1. The third-order valence-corrected chi connectivity index (χ3v) is 3.81. The quantitative estimate of drug-likeness (QED) is 0.517. The van der Waals surface area contributed by atoms with Crippen LogP contribution in [0.15, 0.2) is 0 Å². The van der Waals surface area contributed by atoms with Gasteiger partial charge in [-0.3, -0.25) is 4.79 Å². The predicted molar refractivity (Wildman–Crippen MR) is 68.0 cm³/mol. The van der Waals surface area contributed by atoms with Gasteiger partial charge >= 0.3 is 5.97 Å². The first-order chi connectivity index (χ1) is 8.32. The van der Waals surface area contributed by atoms with Gasteiger partial charge in [0.25, 0.3) is 0 Å². The Hall–Kier alpha value is -0.700. The second kappa shape index (κ2) is 8.41. The van der Waals surface area contributed by atoms with Crippen molar-refractivity contribution in [3.63, 3.8) is 0 Å². The molecule has 7 nitrogen and oxygen atoms in total. The van der Waals surface area contributed by atoms with Gasteiger partial charge in [-0.1, -0.05) is 6.92 Å². The molecule has 0 aromatic rings. The fourth-order valence-corrected chi connectivity index (χ4v) is 2.40. The van der Waals surface area contributed by atoms with Crippen LogP contribution in [0.2, 0.25) is 0 Å². The highest BCUT2D eigenvalue weighted by Crippen LogP contribution is 1.98. The van der Waals surface area contributed by atoms with E-state index in [1.165, 1.54) is 11.4 Å². The van der Waals surface area contributed by atoms with E-state index in [9.17, 15) is 13.2 Å². The van der Waals surface area contributed by atoms with Gasteiger partial charge in [0, 0.05) is 20.2 Å². The molecule has 1 atom stereocenters. The summed E-state index contributed by atoms with van der Waals surface area (Å²) in [4.78, 5) is 10.8. The average Bonchev–Trinajstić information content (AvgIpc) is 2.25. The molecular formula is C10H22N2O5S. The molecule has 0 heterocycles. The van der Waals surface area contributed by atoms with Crippen molar-refractivity contribution in [2.75, 3.05) is 39.6 Å². The molecule has 0 aromatic heterocycles. The van der Waals surface area contributed by atoms with Crippen molar-refractivity contribution in [3.8, 4) is 0 Å². The maximum absolute atomic E-state index is 11.3. The number of hydrogen-bond donors (Lipinski definition) is 2. The highest BCUT2D eigenvalue weighted by atomic mass is 32.2. The lowest BCUT2D eigenvalue weighted by Crippen LogP contribution is -2.41. The fraction of sp³-hybridized carbons (Fsp3) is 0.900. The molecule has 108 valence electrons. The van der Waals surface area contributed by atoms with Crippen LogP contribution in [0.25, 0.3) is 0 Å². The van der Waals surface area contributed by atoms with Crippen LogP contribution in [0.4, 0.5) is 0 Å². The fourth-order valence-electron chi connectivity index (χ4n) is 1.47. The van der Waals surface area contributed by atoms with Crippen molar-refractivity contribution in [2.24, 2.45) is 0 Å². The Morgan fingerprint density at radius 2 is 2.11 bits per heavy atom. The van der Waals surface area contributed by atoms with Gasteiger partial charge in [0.15, 0.2) is 0 Å². The largest absolute Gasteiger partial charge is 0.480 e. The van der Waals surface area contributed by atoms with Gasteiger partial charge in [0.05, 0.1) is 12.9 Å². The number of nitrogens with one attached hydrogen (secondary N) is 1. The minimum Gasteiger partial charge on any atom is -0.480 e. The summed E-state index contributed by atoms with van der Waals surface area (Å²) < 4.78 is 28.7. The third-order valence-electron chi connectivity index (χ3n) is 2.43. The number of ether oxygens (including phenoxy) is 1. The molecule has 0 aliphatic carbocycles. The molecule has 0 rings (SSSR count). The Balaban J connectivity index is 4.00. The Morgan fingerprint density at radius 3 is 2.50 bits per heavy atom. The minimum atomic E-state index is -3.18. The summed E-state index contributed by atoms with van der Waals surface area (Å²) in [7, 11) is -1.75. The minimum absolute atomic E-state index is 0.0822. The number of carboxylic acid groups (broad SMARTS) is 1. The molecule has 18 heavy (non-hydrogen) atoms. The number of methoxy groups -OCH3 is 1. The number of nitrogens with zero attached hydrogens (tertiary/aromatic N) is 1. The second-order valence-electron chi connectivity index (χ2n) is 3.91. The summed E-state index contributed by atoms with van der Waals surface area (Å²) in [5, 5.41) is 11.6. The lowest BCUT2D eigenvalue weighted by Gasteiger charge is -2.18. The summed E-state index contributed by atoms with van der Waals surface area (Å²) >= 11 is 0. The number of rotatable bonds is 10. The van der Waals surface area contributed by atoms with Gasteiger partial charge < -0.3 is 15.2 Å². The Labute approximate surface area is 108 Å². The summed E-state index contributed by atoms with van der Waals surface area (Å²) in [5.74, 6) is -0.979. The zero-order valence-corrected chi connectivity index (χ0v) is 11.9. The first kappa shape index (κ1) is 17.3. The van der Waals surface area contributed by atoms with Crippen LogP contribution in [0.3, 0.4) is 0 Å². The van der Waals surface area contributed by atoms with Gasteiger partial charge in [-0.2, -0.15) is 0 Å². The topological polar surface area (TPSA) is 95.9 Å². The number of carboxylic acids is 1. The monoisotopic (exact) mass is 282 g/mol. The van der Waals surface area contributed by atoms with Crippen LogP contribution in [0, 0.1) is 0 Å². The summed E-state index contributed by atoms with van der Waals surface area (Å²) in [5.41, 5.74) is 0. The van der Waals surface area contributed by atoms with E-state index in [4.69, 9.17) is 9.84 Å². The molecule has 0 aliphatic heterocycles. The van der Waals surface area contributed by atoms with E-state index in [1.807, 2.05) is 0 Å². The third kappa shape index (κ3) is 6.90. The first-order valence-electron chi connectivity index (χ1n) is 5.73. The lowest BCUT2D eigenvalue weighted by molar-refractivity contribution is -0.140. The van der Waals surface area contributed by atoms with E-state index in [2.05, 4.69) is 5.32 Å². The normalized spacial score (nSPS) is 13.8. The molecule has 0 saturated carbocycles. The van der Waals surface area contributed by atoms with Gasteiger partial charge in [0.1, 0.15) is 6.04 Å². The highest BCUT2D eigenvalue weighted by molar-refractivity contribution is 7.88. The zero-order chi connectivity index (χ0) is 14.2. The van der Waals surface area contributed by atoms with Gasteiger partial charge in [-0.05, 0) is 13.0 Å². The SMILES string of the molecule is CCN(CCCNC(COC)C(=O)O)S(C)(=O)=O. The molecule has 0 aliphatic rings. The van der Waals surface area contributed by atoms with Crippen molar-refractivity contribution in [1.29, 1.82) is 0 Å². The van der Waals surface area contributed by atoms with Crippen molar-refractivity contribution < 1.29 is 23.1 Å². The maximum atomic E-state index is 11.3. The molecule has 0 spiro atoms. The summed E-state index contributed by atoms with van der Waals surface area (Å²) in [6.45, 7) is 3.06. The smallest absolute Gasteiger partial charge is 0.323 e. The van der Waals surface area contributed by atoms with E-state index in [0.29, 0.717) is 26.1 Å². The van der Waals surface area contributed by atoms with Gasteiger partial charge in [-0.15, -0.1) is 0 Å². The van der Waals surface area contributed by atoms with Crippen LogP contribution in [0.1, 0.15) is 13.3 Å². The van der Waals surface area contributed by atoms with Crippen molar-refractivity contribution >= 4 is 16.0 Å². The Morgan fingerprint density at radius 1 is 1.50 bits per heavy atom. The molecule has 8 heteroatoms. The maximum Gasteiger partial charge on any atom is 0.323 e. The van der Waals surface area contributed by atoms with Gasteiger partial charge in [0.2, 0.25) is 10.0 Å². The lowest BCUT2D eigenvalue weighted by atomic mass is 10.3. The van der Waals surface area contributed by atoms with Crippen molar-refractivity contribution in [1.82, 2.24) is 9.62 Å². The van der Waals surface area contributed by atoms with Crippen LogP contribution < -0.4 is 5.32 Å². The molecule has 0 fully saturated rings. The standard InChI is InChI=1S/C10H22N2O5S/c1-4-12(18(3,15)16)7-5-6-11-9(8-17-2)10(13)14/h9,11H,4-8H2,1-3H3,(H,13,14). The molecule has 0 bridgehead atoms. The first-order valence-corrected chi connectivity index (χ1v) is 7.58. The van der Waals surface area contributed by atoms with Gasteiger partial charge in [-0.25, -0.2) is 12.7 Å². The molecule has 0 saturated heterocycles. The molecule has 0 amide bonds. The van der Waals surface area contributed by atoms with Crippen LogP contribution >= 0.6 is 0 Å². The molecule has 0 radical (unpaired) electrons. The Kier molecular flexibility index (Phi) is 8.08. The highest BCUT2D eigenvalue weighted by Gasteiger charge is 2.17. The number of sulfonamides is 1. The van der Waals surface area contributed by atoms with E-state index in [1.54, 1.807) is 6.92 Å². The zero-order valence-electron chi connectivity index (χ0n) is 11.0. The van der Waals surface area contributed by atoms with E-state index in [0.717, 1.165) is 6.26 Å². The molecular weight excluding hydrogens is 260 g/mol. The number of aliphatic carboxylic acids is 1. The predicted octanol–water partition coefficient (Wildman–Crippen LogP) is -0.653. The molecule has 0 aromatic carbocycles. The molecule has 1 unspecified atom stereocenters. The second-order valence-corrected chi connectivity index (χ2v) is 5.89. The Bertz CT molecular complexity index is 344. The van der Waals surface area contributed by atoms with Crippen LogP contribution in [0.5, 0.6) is 0 Å². The molecule has 2 N–H and O–H groups in total. The average molecular weight is 282 g/mol. The van der Waals surface area contributed by atoms with Crippen LogP contribution in [-0.4, -0.2) is 69.4 Å². The van der Waals surface area contributed by atoms with Crippen molar-refractivity contribution in [2.45, 2.75) is 19.4 Å². The number of hydrogen-bond acceptors (Lipinski definition) is 5.